The molecular formula is C58H42BN2O. The molecule has 3 nitrogen and oxygen atoms in total. The zero-order chi connectivity index (χ0) is 41.5. The van der Waals surface area contributed by atoms with Crippen LogP contribution in [0.15, 0.2) is 180 Å². The molecular weight excluding hydrogens is 751 g/mol. The van der Waals surface area contributed by atoms with Crippen LogP contribution in [0.4, 0.5) is 28.4 Å². The van der Waals surface area contributed by atoms with E-state index < -0.39 is 0 Å². The molecule has 293 valence electrons. The molecule has 0 amide bonds. The quantitative estimate of drug-likeness (QED) is 0.180. The fraction of sp³-hybridized carbons (Fsp3) is 0.103. The summed E-state index contributed by atoms with van der Waals surface area (Å²) in [6.07, 6.45) is 0. The number of para-hydroxylation sites is 2. The van der Waals surface area contributed by atoms with E-state index >= 15 is 0 Å². The standard InChI is InChI=1S/C58H42BN2O/c1-57(2)45-21-12-13-24-49(45)61-50-32-42-39-19-10-11-20-44(39)58(3,4)54(42)53(55(50)59-47-23-14-22-46(57)56(47)61)43-33-52-41(40-29-36-17-8-9-18-37(36)30-51(40)62-52)31-48(43)60-38-27-25-35(26-28-38)34-15-6-5-7-16-34/h5-33,60H,1-4H3. The first-order chi connectivity index (χ1) is 30.2. The van der Waals surface area contributed by atoms with Gasteiger partial charge in [-0.2, -0.15) is 0 Å². The van der Waals surface area contributed by atoms with Crippen molar-refractivity contribution in [2.24, 2.45) is 0 Å². The van der Waals surface area contributed by atoms with E-state index in [1.54, 1.807) is 0 Å². The van der Waals surface area contributed by atoms with Crippen molar-refractivity contribution in [1.82, 2.24) is 0 Å². The summed E-state index contributed by atoms with van der Waals surface area (Å²) in [5.41, 5.74) is 22.2. The molecule has 4 heteroatoms. The van der Waals surface area contributed by atoms with E-state index in [0.29, 0.717) is 0 Å². The summed E-state index contributed by atoms with van der Waals surface area (Å²) < 4.78 is 6.91. The molecule has 0 fully saturated rings. The molecule has 9 aromatic carbocycles. The monoisotopic (exact) mass is 793 g/mol. The molecule has 2 aliphatic heterocycles. The van der Waals surface area contributed by atoms with Gasteiger partial charge in [0.2, 0.25) is 0 Å². The Balaban J connectivity index is 1.12. The molecule has 3 aliphatic rings. The van der Waals surface area contributed by atoms with Crippen molar-refractivity contribution in [2.45, 2.75) is 38.5 Å². The third-order valence-electron chi connectivity index (χ3n) is 14.2. The molecule has 10 aromatic rings. The highest BCUT2D eigenvalue weighted by molar-refractivity contribution is 6.73. The van der Waals surface area contributed by atoms with Gasteiger partial charge < -0.3 is 14.6 Å². The maximum absolute atomic E-state index is 6.91. The first-order valence-electron chi connectivity index (χ1n) is 21.8. The maximum Gasteiger partial charge on any atom is 0.197 e. The molecule has 1 aliphatic carbocycles. The number of hydrogen-bond acceptors (Lipinski definition) is 3. The molecule has 13 rings (SSSR count). The highest BCUT2D eigenvalue weighted by Crippen LogP contribution is 2.58. The Kier molecular flexibility index (Phi) is 7.22. The van der Waals surface area contributed by atoms with Crippen LogP contribution in [0.2, 0.25) is 0 Å². The predicted octanol–water partition coefficient (Wildman–Crippen LogP) is 14.2. The van der Waals surface area contributed by atoms with Crippen LogP contribution in [0.3, 0.4) is 0 Å². The van der Waals surface area contributed by atoms with Crippen molar-refractivity contribution in [3.8, 4) is 33.4 Å². The summed E-state index contributed by atoms with van der Waals surface area (Å²) in [5, 5.41) is 8.57. The Bertz CT molecular complexity index is 3520. The summed E-state index contributed by atoms with van der Waals surface area (Å²) in [7, 11) is 2.47. The summed E-state index contributed by atoms with van der Waals surface area (Å²) in [6, 6.07) is 64.6. The van der Waals surface area contributed by atoms with Crippen LogP contribution < -0.4 is 21.1 Å². The van der Waals surface area contributed by atoms with Gasteiger partial charge in [-0.1, -0.05) is 161 Å². The lowest BCUT2D eigenvalue weighted by Gasteiger charge is -2.46. The van der Waals surface area contributed by atoms with E-state index in [9.17, 15) is 0 Å². The Labute approximate surface area is 362 Å². The lowest BCUT2D eigenvalue weighted by molar-refractivity contribution is 0.632. The Morgan fingerprint density at radius 2 is 1.16 bits per heavy atom. The third kappa shape index (κ3) is 4.89. The second-order valence-corrected chi connectivity index (χ2v) is 18.4. The minimum atomic E-state index is -0.288. The second kappa shape index (κ2) is 12.6. The van der Waals surface area contributed by atoms with Crippen LogP contribution in [0, 0.1) is 0 Å². The summed E-state index contributed by atoms with van der Waals surface area (Å²) in [5.74, 6) is 0. The van der Waals surface area contributed by atoms with Crippen LogP contribution >= 0.6 is 0 Å². The van der Waals surface area contributed by atoms with Crippen molar-refractivity contribution in [1.29, 1.82) is 0 Å². The van der Waals surface area contributed by atoms with Crippen LogP contribution in [0.25, 0.3) is 66.1 Å². The van der Waals surface area contributed by atoms with Gasteiger partial charge in [0.1, 0.15) is 11.2 Å². The number of fused-ring (bicyclic) bond motifs is 11. The van der Waals surface area contributed by atoms with Gasteiger partial charge in [-0.05, 0) is 115 Å². The van der Waals surface area contributed by atoms with E-state index in [4.69, 9.17) is 4.42 Å². The molecule has 0 bridgehead atoms. The molecule has 0 saturated heterocycles. The zero-order valence-electron chi connectivity index (χ0n) is 35.2. The predicted molar refractivity (Wildman–Crippen MR) is 261 cm³/mol. The summed E-state index contributed by atoms with van der Waals surface area (Å²) >= 11 is 0. The van der Waals surface area contributed by atoms with E-state index in [-0.39, 0.29) is 10.8 Å². The lowest BCUT2D eigenvalue weighted by atomic mass is 9.54. The molecule has 0 saturated carbocycles. The van der Waals surface area contributed by atoms with Crippen LogP contribution in [0.5, 0.6) is 0 Å². The summed E-state index contributed by atoms with van der Waals surface area (Å²) in [4.78, 5) is 2.57. The van der Waals surface area contributed by atoms with Crippen molar-refractivity contribution >= 4 is 79.4 Å². The Morgan fingerprint density at radius 1 is 0.500 bits per heavy atom. The minimum Gasteiger partial charge on any atom is -0.456 e. The number of anilines is 5. The molecule has 1 aromatic heterocycles. The molecule has 1 N–H and O–H groups in total. The van der Waals surface area contributed by atoms with Gasteiger partial charge in [0.25, 0.3) is 0 Å². The third-order valence-corrected chi connectivity index (χ3v) is 14.2. The first kappa shape index (κ1) is 35.5. The van der Waals surface area contributed by atoms with E-state index in [2.05, 4.69) is 221 Å². The van der Waals surface area contributed by atoms with Gasteiger partial charge in [-0.15, -0.1) is 0 Å². The lowest BCUT2D eigenvalue weighted by Crippen LogP contribution is -2.46. The minimum absolute atomic E-state index is 0.164. The fourth-order valence-electron chi connectivity index (χ4n) is 11.2. The van der Waals surface area contributed by atoms with Gasteiger partial charge in [-0.25, -0.2) is 0 Å². The van der Waals surface area contributed by atoms with Crippen molar-refractivity contribution in [3.05, 3.63) is 198 Å². The van der Waals surface area contributed by atoms with Crippen LogP contribution in [-0.2, 0) is 10.8 Å². The Hall–Kier alpha value is -7.30. The van der Waals surface area contributed by atoms with E-state index in [1.807, 2.05) is 0 Å². The second-order valence-electron chi connectivity index (χ2n) is 18.4. The average Bonchev–Trinajstić information content (AvgIpc) is 3.76. The largest absolute Gasteiger partial charge is 0.456 e. The van der Waals surface area contributed by atoms with Crippen LogP contribution in [-0.4, -0.2) is 7.28 Å². The van der Waals surface area contributed by atoms with Crippen LogP contribution in [0.1, 0.15) is 49.9 Å². The number of rotatable bonds is 4. The van der Waals surface area contributed by atoms with Gasteiger partial charge >= 0.3 is 0 Å². The van der Waals surface area contributed by atoms with E-state index in [1.165, 1.54) is 88.8 Å². The van der Waals surface area contributed by atoms with Gasteiger partial charge in [-0.3, -0.25) is 0 Å². The number of nitrogens with one attached hydrogen (secondary N) is 1. The van der Waals surface area contributed by atoms with Crippen molar-refractivity contribution in [2.75, 3.05) is 10.2 Å². The number of benzene rings is 9. The first-order valence-corrected chi connectivity index (χ1v) is 21.8. The molecule has 0 unspecified atom stereocenters. The smallest absolute Gasteiger partial charge is 0.197 e. The fourth-order valence-corrected chi connectivity index (χ4v) is 11.2. The molecule has 3 heterocycles. The highest BCUT2D eigenvalue weighted by atomic mass is 16.3. The molecule has 62 heavy (non-hydrogen) atoms. The molecule has 0 atom stereocenters. The van der Waals surface area contributed by atoms with Gasteiger partial charge in [0, 0.05) is 49.9 Å². The van der Waals surface area contributed by atoms with E-state index in [0.717, 1.165) is 38.9 Å². The van der Waals surface area contributed by atoms with Crippen molar-refractivity contribution < 1.29 is 4.42 Å². The maximum atomic E-state index is 6.91. The molecule has 0 spiro atoms. The average molecular weight is 794 g/mol. The zero-order valence-corrected chi connectivity index (χ0v) is 35.2. The van der Waals surface area contributed by atoms with Gasteiger partial charge in [0.15, 0.2) is 7.28 Å². The highest BCUT2D eigenvalue weighted by Gasteiger charge is 2.45. The topological polar surface area (TPSA) is 28.4 Å². The molecule has 1 radical (unpaired) electrons. The normalized spacial score (nSPS) is 14.8. The SMILES string of the molecule is CC1(C)c2ccccc2N2c3cc4c(c(-c5cc6oc7cc8ccccc8cc7c6cc5Nc5ccc(-c6ccccc6)cc5)c3[B]c3cccc1c32)C(C)(C)c1ccccc1-4. The number of nitrogens with zero attached hydrogens (tertiary/aromatic N) is 1. The Morgan fingerprint density at radius 3 is 1.98 bits per heavy atom. The van der Waals surface area contributed by atoms with Gasteiger partial charge in [0.05, 0.1) is 5.69 Å². The number of furan rings is 1. The number of hydrogen-bond donors (Lipinski definition) is 1. The van der Waals surface area contributed by atoms with Crippen molar-refractivity contribution in [3.63, 3.8) is 0 Å². The summed E-state index contributed by atoms with van der Waals surface area (Å²) in [6.45, 7) is 9.55.